The second-order valence-electron chi connectivity index (χ2n) is 7.79. The molecule has 3 atom stereocenters. The summed E-state index contributed by atoms with van der Waals surface area (Å²) in [5, 5.41) is 4.33. The molecule has 0 saturated carbocycles. The van der Waals surface area contributed by atoms with E-state index >= 15 is 0 Å². The highest BCUT2D eigenvalue weighted by Crippen LogP contribution is 2.35. The molecular weight excluding hydrogens is 332 g/mol. The minimum absolute atomic E-state index is 0.0575. The van der Waals surface area contributed by atoms with Crippen LogP contribution in [0.25, 0.3) is 0 Å². The van der Waals surface area contributed by atoms with Gasteiger partial charge in [-0.3, -0.25) is 14.4 Å². The lowest BCUT2D eigenvalue weighted by Crippen LogP contribution is -2.43. The highest BCUT2D eigenvalue weighted by molar-refractivity contribution is 5.77. The van der Waals surface area contributed by atoms with Crippen LogP contribution in [0.15, 0.2) is 12.4 Å². The van der Waals surface area contributed by atoms with Gasteiger partial charge >= 0.3 is 0 Å². The topological polar surface area (TPSA) is 59.8 Å². The van der Waals surface area contributed by atoms with E-state index in [0.29, 0.717) is 24.5 Å². The minimum Gasteiger partial charge on any atom is -0.381 e. The van der Waals surface area contributed by atoms with Crippen LogP contribution in [0.5, 0.6) is 0 Å². The van der Waals surface area contributed by atoms with E-state index in [0.717, 1.165) is 45.6 Å². The van der Waals surface area contributed by atoms with Gasteiger partial charge in [-0.1, -0.05) is 0 Å². The summed E-state index contributed by atoms with van der Waals surface area (Å²) in [7, 11) is 6.00. The van der Waals surface area contributed by atoms with E-state index in [1.165, 1.54) is 5.56 Å². The Morgan fingerprint density at radius 3 is 2.96 bits per heavy atom. The maximum atomic E-state index is 12.5. The number of aromatic nitrogens is 2. The van der Waals surface area contributed by atoms with Crippen molar-refractivity contribution < 1.29 is 14.3 Å². The number of hydrogen-bond donors (Lipinski definition) is 0. The number of hydrogen-bond acceptors (Lipinski definition) is 5. The molecule has 0 bridgehead atoms. The van der Waals surface area contributed by atoms with Gasteiger partial charge in [0.2, 0.25) is 5.91 Å². The van der Waals surface area contributed by atoms with Crippen LogP contribution in [-0.4, -0.2) is 79.1 Å². The Balaban J connectivity index is 1.52. The SMILES string of the molecule is CN(C[C@@H]1CCCN(C)[C@H]1c1cnn(C)c1)C(=O)COC[C@H]1CCOC1. The molecule has 2 saturated heterocycles. The quantitative estimate of drug-likeness (QED) is 0.730. The third kappa shape index (κ3) is 4.84. The number of ether oxygens (including phenoxy) is 2. The first kappa shape index (κ1) is 19.3. The molecule has 0 spiro atoms. The average Bonchev–Trinajstić information content (AvgIpc) is 3.26. The number of carbonyl (C=O) groups excluding carboxylic acids is 1. The summed E-state index contributed by atoms with van der Waals surface area (Å²) in [5.41, 5.74) is 1.23. The van der Waals surface area contributed by atoms with Crippen LogP contribution in [0, 0.1) is 11.8 Å². The molecule has 0 N–H and O–H groups in total. The maximum Gasteiger partial charge on any atom is 0.248 e. The molecular formula is C19H32N4O3. The fraction of sp³-hybridized carbons (Fsp3) is 0.789. The monoisotopic (exact) mass is 364 g/mol. The highest BCUT2D eigenvalue weighted by Gasteiger charge is 2.32. The molecule has 1 aromatic rings. The summed E-state index contributed by atoms with van der Waals surface area (Å²) in [6.07, 6.45) is 7.37. The van der Waals surface area contributed by atoms with Crippen LogP contribution >= 0.6 is 0 Å². The second-order valence-corrected chi connectivity index (χ2v) is 7.79. The van der Waals surface area contributed by atoms with Crippen molar-refractivity contribution in [2.45, 2.75) is 25.3 Å². The van der Waals surface area contributed by atoms with Crippen molar-refractivity contribution in [2.75, 3.05) is 53.6 Å². The van der Waals surface area contributed by atoms with Crippen molar-refractivity contribution in [3.8, 4) is 0 Å². The fourth-order valence-corrected chi connectivity index (χ4v) is 4.16. The lowest BCUT2D eigenvalue weighted by molar-refractivity contribution is -0.136. The van der Waals surface area contributed by atoms with E-state index in [2.05, 4.69) is 23.2 Å². The Morgan fingerprint density at radius 2 is 2.27 bits per heavy atom. The number of carbonyl (C=O) groups is 1. The van der Waals surface area contributed by atoms with Crippen molar-refractivity contribution in [1.82, 2.24) is 19.6 Å². The Bertz CT molecular complexity index is 585. The Morgan fingerprint density at radius 1 is 1.42 bits per heavy atom. The number of nitrogens with zero attached hydrogens (tertiary/aromatic N) is 4. The molecule has 26 heavy (non-hydrogen) atoms. The van der Waals surface area contributed by atoms with E-state index < -0.39 is 0 Å². The number of rotatable bonds is 7. The van der Waals surface area contributed by atoms with E-state index in [1.807, 2.05) is 29.9 Å². The summed E-state index contributed by atoms with van der Waals surface area (Å²) < 4.78 is 12.8. The largest absolute Gasteiger partial charge is 0.381 e. The molecule has 3 heterocycles. The van der Waals surface area contributed by atoms with Crippen molar-refractivity contribution in [2.24, 2.45) is 18.9 Å². The van der Waals surface area contributed by atoms with Crippen LogP contribution in [0.4, 0.5) is 0 Å². The standard InChI is InChI=1S/C19H32N4O3/c1-21-7-4-5-16(19(21)17-9-20-23(3)11-17)10-22(2)18(24)14-26-13-15-6-8-25-12-15/h9,11,15-16,19H,4-8,10,12-14H2,1-3H3/t15-,16-,19+/m0/s1. The number of likely N-dealkylation sites (N-methyl/N-ethyl adjacent to an activating group) is 1. The predicted molar refractivity (Wildman–Crippen MR) is 98.7 cm³/mol. The Kier molecular flexibility index (Phi) is 6.67. The van der Waals surface area contributed by atoms with Crippen LogP contribution in [0.3, 0.4) is 0 Å². The van der Waals surface area contributed by atoms with Gasteiger partial charge in [-0.25, -0.2) is 0 Å². The van der Waals surface area contributed by atoms with E-state index in [9.17, 15) is 4.79 Å². The van der Waals surface area contributed by atoms with Gasteiger partial charge in [0, 0.05) is 51.0 Å². The third-order valence-electron chi connectivity index (χ3n) is 5.61. The van der Waals surface area contributed by atoms with Gasteiger partial charge in [0.1, 0.15) is 6.61 Å². The molecule has 146 valence electrons. The molecule has 3 rings (SSSR count). The summed E-state index contributed by atoms with van der Waals surface area (Å²) in [5.74, 6) is 0.910. The Labute approximate surface area is 156 Å². The summed E-state index contributed by atoms with van der Waals surface area (Å²) in [6.45, 7) is 4.17. The molecule has 0 aromatic carbocycles. The number of amides is 1. The zero-order chi connectivity index (χ0) is 18.5. The molecule has 1 amide bonds. The van der Waals surface area contributed by atoms with E-state index in [1.54, 1.807) is 0 Å². The van der Waals surface area contributed by atoms with Gasteiger partial charge in [0.05, 0.1) is 19.4 Å². The first-order valence-electron chi connectivity index (χ1n) is 9.63. The van der Waals surface area contributed by atoms with Crippen molar-refractivity contribution in [1.29, 1.82) is 0 Å². The number of likely N-dealkylation sites (tertiary alicyclic amines) is 1. The molecule has 2 aliphatic heterocycles. The van der Waals surface area contributed by atoms with Crippen LogP contribution in [-0.2, 0) is 21.3 Å². The second kappa shape index (κ2) is 8.97. The van der Waals surface area contributed by atoms with Crippen molar-refractivity contribution in [3.05, 3.63) is 18.0 Å². The number of piperidine rings is 1. The Hall–Kier alpha value is -1.44. The zero-order valence-electron chi connectivity index (χ0n) is 16.3. The van der Waals surface area contributed by atoms with Crippen LogP contribution in [0.1, 0.15) is 30.9 Å². The maximum absolute atomic E-state index is 12.5. The van der Waals surface area contributed by atoms with Gasteiger partial charge in [-0.05, 0) is 38.8 Å². The summed E-state index contributed by atoms with van der Waals surface area (Å²) >= 11 is 0. The van der Waals surface area contributed by atoms with Gasteiger partial charge in [0.15, 0.2) is 0 Å². The van der Waals surface area contributed by atoms with Gasteiger partial charge in [-0.2, -0.15) is 5.10 Å². The predicted octanol–water partition coefficient (Wildman–Crippen LogP) is 1.31. The van der Waals surface area contributed by atoms with Crippen molar-refractivity contribution >= 4 is 5.91 Å². The van der Waals surface area contributed by atoms with Crippen LogP contribution < -0.4 is 0 Å². The average molecular weight is 364 g/mol. The molecule has 0 radical (unpaired) electrons. The summed E-state index contributed by atoms with van der Waals surface area (Å²) in [6, 6.07) is 0.309. The minimum atomic E-state index is 0.0575. The molecule has 1 aromatic heterocycles. The lowest BCUT2D eigenvalue weighted by atomic mass is 9.86. The molecule has 0 unspecified atom stereocenters. The molecule has 2 fully saturated rings. The van der Waals surface area contributed by atoms with Crippen LogP contribution in [0.2, 0.25) is 0 Å². The van der Waals surface area contributed by atoms with E-state index in [-0.39, 0.29) is 12.5 Å². The first-order valence-corrected chi connectivity index (χ1v) is 9.63. The molecule has 7 nitrogen and oxygen atoms in total. The molecule has 2 aliphatic rings. The highest BCUT2D eigenvalue weighted by atomic mass is 16.5. The normalized spacial score (nSPS) is 27.0. The van der Waals surface area contributed by atoms with Gasteiger partial charge < -0.3 is 14.4 Å². The zero-order valence-corrected chi connectivity index (χ0v) is 16.3. The first-order chi connectivity index (χ1) is 12.5. The number of aryl methyl sites for hydroxylation is 1. The fourth-order valence-electron chi connectivity index (χ4n) is 4.16. The molecule has 7 heteroatoms. The van der Waals surface area contributed by atoms with Gasteiger partial charge in [-0.15, -0.1) is 0 Å². The van der Waals surface area contributed by atoms with Crippen molar-refractivity contribution in [3.63, 3.8) is 0 Å². The lowest BCUT2D eigenvalue weighted by Gasteiger charge is -2.40. The van der Waals surface area contributed by atoms with E-state index in [4.69, 9.17) is 9.47 Å². The summed E-state index contributed by atoms with van der Waals surface area (Å²) in [4.78, 5) is 16.7. The smallest absolute Gasteiger partial charge is 0.248 e. The molecule has 0 aliphatic carbocycles. The van der Waals surface area contributed by atoms with Gasteiger partial charge in [0.25, 0.3) is 0 Å². The third-order valence-corrected chi connectivity index (χ3v) is 5.61.